The van der Waals surface area contributed by atoms with Crippen molar-refractivity contribution in [2.45, 2.75) is 102 Å². The van der Waals surface area contributed by atoms with Crippen LogP contribution < -0.4 is 0 Å². The van der Waals surface area contributed by atoms with Crippen molar-refractivity contribution in [3.8, 4) is 0 Å². The monoisotopic (exact) mass is 506 g/mol. The molecule has 0 radical (unpaired) electrons. The van der Waals surface area contributed by atoms with Crippen molar-refractivity contribution in [1.29, 1.82) is 0 Å². The van der Waals surface area contributed by atoms with Crippen LogP contribution in [-0.2, 0) is 28.5 Å². The van der Waals surface area contributed by atoms with Gasteiger partial charge in [-0.25, -0.2) is 4.79 Å². The van der Waals surface area contributed by atoms with Gasteiger partial charge in [-0.2, -0.15) is 0 Å². The fraction of sp³-hybridized carbons (Fsp3) is 0.742. The summed E-state index contributed by atoms with van der Waals surface area (Å²) >= 11 is 0. The molecule has 2 saturated carbocycles. The lowest BCUT2D eigenvalue weighted by Crippen LogP contribution is -2.51. The van der Waals surface area contributed by atoms with E-state index in [0.29, 0.717) is 5.57 Å². The lowest BCUT2D eigenvalue weighted by Gasteiger charge is -2.48. The smallest absolute Gasteiger partial charge is 0.334 e. The summed E-state index contributed by atoms with van der Waals surface area (Å²) in [4.78, 5) is 27.1. The maximum absolute atomic E-state index is 14.3. The summed E-state index contributed by atoms with van der Waals surface area (Å²) in [5.41, 5.74) is 2.47. The second kappa shape index (κ2) is 6.44. The Hall–Kier alpha value is -1.92. The average Bonchev–Trinajstić information content (AvgIpc) is 3.20. The fourth-order valence-corrected chi connectivity index (χ4v) is 11.1. The number of epoxide rings is 1. The lowest BCUT2D eigenvalue weighted by molar-refractivity contribution is -0.154. The number of carbonyl (C=O) groups excluding carboxylic acids is 2. The van der Waals surface area contributed by atoms with Gasteiger partial charge in [-0.3, -0.25) is 4.79 Å². The first-order valence-corrected chi connectivity index (χ1v) is 14.2. The number of fused-ring (bicyclic) bond motifs is 10. The highest BCUT2D eigenvalue weighted by Gasteiger charge is 2.82. The number of rotatable bonds is 1. The molecule has 6 nitrogen and oxygen atoms in total. The maximum Gasteiger partial charge on any atom is 0.334 e. The summed E-state index contributed by atoms with van der Waals surface area (Å²) < 4.78 is 25.4. The molecular formula is C31H38O6. The van der Waals surface area contributed by atoms with Crippen molar-refractivity contribution in [1.82, 2.24) is 0 Å². The molecule has 0 N–H and O–H groups in total. The van der Waals surface area contributed by atoms with E-state index in [4.69, 9.17) is 18.9 Å². The van der Waals surface area contributed by atoms with Gasteiger partial charge in [0.15, 0.2) is 0 Å². The Kier molecular flexibility index (Phi) is 4.01. The summed E-state index contributed by atoms with van der Waals surface area (Å²) in [6.07, 6.45) is 7.88. The molecule has 0 unspecified atom stereocenters. The van der Waals surface area contributed by atoms with Crippen LogP contribution in [0.15, 0.2) is 34.9 Å². The molecule has 8 aliphatic rings. The molecule has 0 aromatic carbocycles. The van der Waals surface area contributed by atoms with Crippen molar-refractivity contribution >= 4 is 11.9 Å². The SMILES string of the molecule is C=C1C(=O)O[C@@H]2C3=C([C@H]4C[C@@]3(C)[C@]3(C4)C(=O)O[C@@H]4[C@H]5C(C)=CC[C@@]56O[C@@]6(C)CC[C@H]43)[C@@](C)(OC)CC[C@@H]12. The molecule has 2 bridgehead atoms. The lowest BCUT2D eigenvalue weighted by atomic mass is 9.52. The minimum absolute atomic E-state index is 0.0405. The van der Waals surface area contributed by atoms with E-state index in [1.807, 2.05) is 0 Å². The molecule has 6 heteroatoms. The van der Waals surface area contributed by atoms with Gasteiger partial charge < -0.3 is 18.9 Å². The number of ether oxygens (including phenoxy) is 4. The highest BCUT2D eigenvalue weighted by atomic mass is 16.6. The third-order valence-corrected chi connectivity index (χ3v) is 12.9. The first-order valence-electron chi connectivity index (χ1n) is 14.2. The molecule has 5 fully saturated rings. The molecule has 3 aliphatic heterocycles. The van der Waals surface area contributed by atoms with Crippen LogP contribution in [0.1, 0.15) is 72.6 Å². The summed E-state index contributed by atoms with van der Waals surface area (Å²) in [5.74, 6) is 0.0791. The van der Waals surface area contributed by atoms with Crippen LogP contribution in [0.25, 0.3) is 0 Å². The van der Waals surface area contributed by atoms with Gasteiger partial charge in [-0.05, 0) is 82.8 Å². The van der Waals surface area contributed by atoms with E-state index in [1.54, 1.807) is 7.11 Å². The molecule has 8 rings (SSSR count). The first kappa shape index (κ1) is 23.0. The molecule has 0 aromatic heterocycles. The molecule has 2 spiro atoms. The third-order valence-electron chi connectivity index (χ3n) is 12.9. The van der Waals surface area contributed by atoms with E-state index < -0.39 is 16.4 Å². The summed E-state index contributed by atoms with van der Waals surface area (Å²) in [6, 6.07) is 0. The number of hydrogen-bond donors (Lipinski definition) is 0. The van der Waals surface area contributed by atoms with E-state index in [2.05, 4.69) is 40.3 Å². The van der Waals surface area contributed by atoms with Crippen LogP contribution in [-0.4, -0.2) is 48.1 Å². The molecular weight excluding hydrogens is 468 g/mol. The number of carbonyl (C=O) groups is 2. The molecule has 11 atom stereocenters. The molecule has 5 aliphatic carbocycles. The van der Waals surface area contributed by atoms with Gasteiger partial charge in [0.05, 0.1) is 16.6 Å². The Bertz CT molecular complexity index is 1260. The van der Waals surface area contributed by atoms with Crippen LogP contribution in [0, 0.1) is 34.5 Å². The average molecular weight is 507 g/mol. The quantitative estimate of drug-likeness (QED) is 0.220. The van der Waals surface area contributed by atoms with Crippen molar-refractivity contribution in [2.75, 3.05) is 7.11 Å². The van der Waals surface area contributed by atoms with E-state index in [9.17, 15) is 9.59 Å². The van der Waals surface area contributed by atoms with Crippen LogP contribution in [0.2, 0.25) is 0 Å². The van der Waals surface area contributed by atoms with Crippen LogP contribution >= 0.6 is 0 Å². The zero-order valence-corrected chi connectivity index (χ0v) is 22.6. The van der Waals surface area contributed by atoms with Crippen molar-refractivity contribution in [3.05, 3.63) is 34.9 Å². The molecule has 37 heavy (non-hydrogen) atoms. The Labute approximate surface area is 218 Å². The van der Waals surface area contributed by atoms with Crippen molar-refractivity contribution in [3.63, 3.8) is 0 Å². The van der Waals surface area contributed by atoms with Crippen molar-refractivity contribution < 1.29 is 28.5 Å². The van der Waals surface area contributed by atoms with Gasteiger partial charge >= 0.3 is 11.9 Å². The van der Waals surface area contributed by atoms with E-state index >= 15 is 0 Å². The Morgan fingerprint density at radius 1 is 1.05 bits per heavy atom. The topological polar surface area (TPSA) is 74.4 Å². The van der Waals surface area contributed by atoms with E-state index in [1.165, 1.54) is 11.1 Å². The number of esters is 2. The second-order valence-corrected chi connectivity index (χ2v) is 14.0. The van der Waals surface area contributed by atoms with Gasteiger partial charge in [0.1, 0.15) is 17.8 Å². The zero-order valence-electron chi connectivity index (χ0n) is 22.6. The largest absolute Gasteiger partial charge is 0.461 e. The summed E-state index contributed by atoms with van der Waals surface area (Å²) in [5, 5.41) is 0. The normalized spacial score (nSPS) is 56.7. The van der Waals surface area contributed by atoms with Crippen molar-refractivity contribution in [2.24, 2.45) is 34.5 Å². The minimum Gasteiger partial charge on any atom is -0.461 e. The molecule has 3 saturated heterocycles. The Morgan fingerprint density at radius 2 is 1.84 bits per heavy atom. The van der Waals surface area contributed by atoms with Gasteiger partial charge in [0, 0.05) is 35.9 Å². The molecule has 0 amide bonds. The van der Waals surface area contributed by atoms with Crippen LogP contribution in [0.4, 0.5) is 0 Å². The van der Waals surface area contributed by atoms with E-state index in [0.717, 1.165) is 50.5 Å². The Morgan fingerprint density at radius 3 is 2.59 bits per heavy atom. The predicted molar refractivity (Wildman–Crippen MR) is 134 cm³/mol. The fourth-order valence-electron chi connectivity index (χ4n) is 11.1. The van der Waals surface area contributed by atoms with E-state index in [-0.39, 0.29) is 59.0 Å². The highest BCUT2D eigenvalue weighted by molar-refractivity contribution is 5.92. The summed E-state index contributed by atoms with van der Waals surface area (Å²) in [7, 11) is 1.80. The van der Waals surface area contributed by atoms with Crippen LogP contribution in [0.3, 0.4) is 0 Å². The maximum atomic E-state index is 14.3. The second-order valence-electron chi connectivity index (χ2n) is 14.0. The van der Waals surface area contributed by atoms with Crippen LogP contribution in [0.5, 0.6) is 0 Å². The number of hydrogen-bond acceptors (Lipinski definition) is 6. The predicted octanol–water partition coefficient (Wildman–Crippen LogP) is 4.83. The van der Waals surface area contributed by atoms with Gasteiger partial charge in [-0.1, -0.05) is 25.2 Å². The Balaban J connectivity index is 1.30. The zero-order chi connectivity index (χ0) is 25.9. The standard InChI is InChI=1S/C31H38O6/c1-15-7-12-31-20(15)24-19(9-11-29(31,5)37-31)30(26(33)36-24)14-17-13-27(30,3)22-21(17)28(4,34-6)10-8-18-16(2)25(32)35-23(18)22/h7,17-20,23-24H,2,8-14H2,1,3-6H3/t17-,18-,19+,20+,23-,24-,27+,28-,29-,30-,31+/m0/s1. The molecule has 198 valence electrons. The highest BCUT2D eigenvalue weighted by Crippen LogP contribution is 2.78. The molecule has 0 aromatic rings. The number of methoxy groups -OCH3 is 1. The third kappa shape index (κ3) is 2.24. The van der Waals surface area contributed by atoms with Gasteiger partial charge in [-0.15, -0.1) is 0 Å². The molecule has 3 heterocycles. The van der Waals surface area contributed by atoms with Gasteiger partial charge in [0.25, 0.3) is 0 Å². The minimum atomic E-state index is -0.613. The van der Waals surface area contributed by atoms with Gasteiger partial charge in [0.2, 0.25) is 0 Å². The summed E-state index contributed by atoms with van der Waals surface area (Å²) in [6.45, 7) is 13.0. The first-order chi connectivity index (χ1) is 17.5.